The summed E-state index contributed by atoms with van der Waals surface area (Å²) in [6.07, 6.45) is -3.10. The van der Waals surface area contributed by atoms with E-state index in [0.717, 1.165) is 13.0 Å². The Hall–Kier alpha value is -1.25. The van der Waals surface area contributed by atoms with Gasteiger partial charge in [0, 0.05) is 5.57 Å². The van der Waals surface area contributed by atoms with E-state index in [1.54, 1.807) is 30.3 Å². The highest BCUT2D eigenvalue weighted by atomic mass is 19.4. The molecule has 0 atom stereocenters. The van der Waals surface area contributed by atoms with E-state index in [1.165, 1.54) is 0 Å². The molecule has 0 nitrogen and oxygen atoms in total. The molecule has 0 saturated heterocycles. The van der Waals surface area contributed by atoms with Crippen molar-refractivity contribution in [1.82, 2.24) is 0 Å². The first kappa shape index (κ1) is 9.84. The van der Waals surface area contributed by atoms with Crippen LogP contribution in [0.2, 0.25) is 0 Å². The molecule has 0 radical (unpaired) electrons. The molecule has 0 spiro atoms. The summed E-state index contributed by atoms with van der Waals surface area (Å²) in [5.74, 6) is 0. The molecule has 70 valence electrons. The summed E-state index contributed by atoms with van der Waals surface area (Å²) in [5.41, 5.74) is -0.0176. The SMILES string of the molecule is CC(=Cc1ccccc1)C(F)(F)F. The Kier molecular flexibility index (Phi) is 2.76. The van der Waals surface area contributed by atoms with E-state index < -0.39 is 11.7 Å². The molecule has 0 aliphatic heterocycles. The third-order valence-electron chi connectivity index (χ3n) is 1.63. The maximum absolute atomic E-state index is 12.1. The van der Waals surface area contributed by atoms with Gasteiger partial charge in [0.15, 0.2) is 0 Å². The zero-order chi connectivity index (χ0) is 9.90. The van der Waals surface area contributed by atoms with Gasteiger partial charge in [-0.05, 0) is 18.6 Å². The van der Waals surface area contributed by atoms with Crippen molar-refractivity contribution in [3.05, 3.63) is 41.5 Å². The zero-order valence-electron chi connectivity index (χ0n) is 7.10. The largest absolute Gasteiger partial charge is 0.412 e. The molecule has 0 saturated carbocycles. The van der Waals surface area contributed by atoms with Gasteiger partial charge in [-0.25, -0.2) is 0 Å². The van der Waals surface area contributed by atoms with Gasteiger partial charge in [0.1, 0.15) is 0 Å². The van der Waals surface area contributed by atoms with Crippen LogP contribution in [0.1, 0.15) is 12.5 Å². The quantitative estimate of drug-likeness (QED) is 0.628. The Morgan fingerprint density at radius 1 is 1.15 bits per heavy atom. The van der Waals surface area contributed by atoms with Crippen LogP contribution in [-0.2, 0) is 0 Å². The molecule has 1 aromatic carbocycles. The standard InChI is InChI=1S/C10H9F3/c1-8(10(11,12)13)7-9-5-3-2-4-6-9/h2-7H,1H3. The zero-order valence-corrected chi connectivity index (χ0v) is 7.10. The minimum atomic E-state index is -4.23. The van der Waals surface area contributed by atoms with E-state index in [-0.39, 0.29) is 0 Å². The molecule has 0 heterocycles. The number of hydrogen-bond donors (Lipinski definition) is 0. The Labute approximate surface area is 74.7 Å². The van der Waals surface area contributed by atoms with Crippen LogP contribution in [0, 0.1) is 0 Å². The van der Waals surface area contributed by atoms with Gasteiger partial charge in [-0.2, -0.15) is 13.2 Å². The summed E-state index contributed by atoms with van der Waals surface area (Å²) in [7, 11) is 0. The minimum Gasteiger partial charge on any atom is -0.166 e. The molecule has 1 rings (SSSR count). The molecule has 0 unspecified atom stereocenters. The summed E-state index contributed by atoms with van der Waals surface area (Å²) < 4.78 is 36.2. The minimum absolute atomic E-state index is 0.567. The second-order valence-corrected chi connectivity index (χ2v) is 2.74. The Bertz CT molecular complexity index is 296. The maximum atomic E-state index is 12.1. The summed E-state index contributed by atoms with van der Waals surface area (Å²) in [6.45, 7) is 1.06. The molecular weight excluding hydrogens is 177 g/mol. The fraction of sp³-hybridized carbons (Fsp3) is 0.200. The van der Waals surface area contributed by atoms with Crippen molar-refractivity contribution in [2.45, 2.75) is 13.1 Å². The number of alkyl halides is 3. The topological polar surface area (TPSA) is 0 Å². The first-order valence-corrected chi connectivity index (χ1v) is 3.80. The van der Waals surface area contributed by atoms with E-state index >= 15 is 0 Å². The van der Waals surface area contributed by atoms with Crippen molar-refractivity contribution < 1.29 is 13.2 Å². The van der Waals surface area contributed by atoms with E-state index in [4.69, 9.17) is 0 Å². The van der Waals surface area contributed by atoms with Crippen LogP contribution in [0.25, 0.3) is 6.08 Å². The lowest BCUT2D eigenvalue weighted by Crippen LogP contribution is -2.08. The van der Waals surface area contributed by atoms with Crippen LogP contribution in [0.5, 0.6) is 0 Å². The van der Waals surface area contributed by atoms with E-state index in [2.05, 4.69) is 0 Å². The highest BCUT2D eigenvalue weighted by molar-refractivity contribution is 5.53. The summed E-state index contributed by atoms with van der Waals surface area (Å²) in [5, 5.41) is 0. The first-order chi connectivity index (χ1) is 6.00. The first-order valence-electron chi connectivity index (χ1n) is 3.80. The lowest BCUT2D eigenvalue weighted by atomic mass is 10.1. The van der Waals surface area contributed by atoms with Gasteiger partial charge < -0.3 is 0 Å². The van der Waals surface area contributed by atoms with Crippen molar-refractivity contribution in [1.29, 1.82) is 0 Å². The van der Waals surface area contributed by atoms with Gasteiger partial charge in [-0.1, -0.05) is 30.3 Å². The van der Waals surface area contributed by atoms with Gasteiger partial charge in [0.25, 0.3) is 0 Å². The smallest absolute Gasteiger partial charge is 0.166 e. The Balaban J connectivity index is 2.90. The maximum Gasteiger partial charge on any atom is 0.412 e. The predicted molar refractivity (Wildman–Crippen MR) is 46.1 cm³/mol. The summed E-state index contributed by atoms with van der Waals surface area (Å²) in [6, 6.07) is 8.44. The van der Waals surface area contributed by atoms with Crippen LogP contribution in [0.4, 0.5) is 13.2 Å². The van der Waals surface area contributed by atoms with E-state index in [0.29, 0.717) is 5.56 Å². The van der Waals surface area contributed by atoms with Crippen molar-refractivity contribution >= 4 is 6.08 Å². The van der Waals surface area contributed by atoms with E-state index in [1.807, 2.05) is 0 Å². The number of rotatable bonds is 1. The van der Waals surface area contributed by atoms with Gasteiger partial charge in [-0.3, -0.25) is 0 Å². The van der Waals surface area contributed by atoms with Gasteiger partial charge >= 0.3 is 6.18 Å². The molecule has 0 bridgehead atoms. The number of hydrogen-bond acceptors (Lipinski definition) is 0. The third kappa shape index (κ3) is 2.93. The highest BCUT2D eigenvalue weighted by Crippen LogP contribution is 2.26. The predicted octanol–water partition coefficient (Wildman–Crippen LogP) is 3.65. The molecule has 3 heteroatoms. The molecule has 0 aromatic heterocycles. The molecule has 0 fully saturated rings. The van der Waals surface area contributed by atoms with E-state index in [9.17, 15) is 13.2 Å². The Morgan fingerprint density at radius 3 is 2.15 bits per heavy atom. The fourth-order valence-corrected chi connectivity index (χ4v) is 0.881. The lowest BCUT2D eigenvalue weighted by Gasteiger charge is -2.05. The average Bonchev–Trinajstić information content (AvgIpc) is 2.04. The molecule has 0 amide bonds. The second-order valence-electron chi connectivity index (χ2n) is 2.74. The van der Waals surface area contributed by atoms with Crippen LogP contribution in [-0.4, -0.2) is 6.18 Å². The van der Waals surface area contributed by atoms with Crippen molar-refractivity contribution in [3.63, 3.8) is 0 Å². The number of benzene rings is 1. The van der Waals surface area contributed by atoms with Gasteiger partial charge in [0.05, 0.1) is 0 Å². The Morgan fingerprint density at radius 2 is 1.69 bits per heavy atom. The number of allylic oxidation sites excluding steroid dienone is 1. The molecule has 0 aliphatic carbocycles. The lowest BCUT2D eigenvalue weighted by molar-refractivity contribution is -0.0903. The van der Waals surface area contributed by atoms with Gasteiger partial charge in [0.2, 0.25) is 0 Å². The van der Waals surface area contributed by atoms with Crippen molar-refractivity contribution in [2.75, 3.05) is 0 Å². The van der Waals surface area contributed by atoms with Crippen LogP contribution >= 0.6 is 0 Å². The molecule has 0 N–H and O–H groups in total. The highest BCUT2D eigenvalue weighted by Gasteiger charge is 2.29. The van der Waals surface area contributed by atoms with Crippen LogP contribution in [0.3, 0.4) is 0 Å². The normalized spacial score (nSPS) is 13.1. The summed E-state index contributed by atoms with van der Waals surface area (Å²) in [4.78, 5) is 0. The van der Waals surface area contributed by atoms with Gasteiger partial charge in [-0.15, -0.1) is 0 Å². The van der Waals surface area contributed by atoms with Crippen LogP contribution in [0.15, 0.2) is 35.9 Å². The van der Waals surface area contributed by atoms with Crippen molar-refractivity contribution in [3.8, 4) is 0 Å². The molecule has 1 aromatic rings. The summed E-state index contributed by atoms with van der Waals surface area (Å²) >= 11 is 0. The molecular formula is C10H9F3. The average molecular weight is 186 g/mol. The van der Waals surface area contributed by atoms with Crippen LogP contribution < -0.4 is 0 Å². The third-order valence-corrected chi connectivity index (χ3v) is 1.63. The second kappa shape index (κ2) is 3.64. The molecule has 0 aliphatic rings. The number of halogens is 3. The van der Waals surface area contributed by atoms with Crippen molar-refractivity contribution in [2.24, 2.45) is 0 Å². The fourth-order valence-electron chi connectivity index (χ4n) is 0.881. The molecule has 13 heavy (non-hydrogen) atoms. The monoisotopic (exact) mass is 186 g/mol.